The molecule has 0 aromatic carbocycles. The maximum atomic E-state index is 12.6. The minimum atomic E-state index is -4.41. The first kappa shape index (κ1) is 55.4. The lowest BCUT2D eigenvalue weighted by Crippen LogP contribution is -2.29. The summed E-state index contributed by atoms with van der Waals surface area (Å²) in [5, 5.41) is 0. The Kier molecular flexibility index (Phi) is 37.4. The summed E-state index contributed by atoms with van der Waals surface area (Å²) >= 11 is 0. The van der Waals surface area contributed by atoms with Gasteiger partial charge in [0.25, 0.3) is 0 Å². The number of epoxide rings is 1. The Labute approximate surface area is 365 Å². The van der Waals surface area contributed by atoms with Crippen molar-refractivity contribution < 1.29 is 42.3 Å². The first-order chi connectivity index (χ1) is 29.3. The highest BCUT2D eigenvalue weighted by Crippen LogP contribution is 2.43. The Morgan fingerprint density at radius 2 is 1.10 bits per heavy atom. The van der Waals surface area contributed by atoms with Crippen molar-refractivity contribution in [2.75, 3.05) is 26.4 Å². The highest BCUT2D eigenvalue weighted by Gasteiger charge is 2.36. The molecule has 0 spiro atoms. The van der Waals surface area contributed by atoms with Gasteiger partial charge >= 0.3 is 19.8 Å². The van der Waals surface area contributed by atoms with Crippen LogP contribution in [0, 0.1) is 0 Å². The van der Waals surface area contributed by atoms with E-state index in [0.717, 1.165) is 57.8 Å². The molecule has 1 aliphatic rings. The molecular weight excluding hydrogens is 778 g/mol. The first-order valence-corrected chi connectivity index (χ1v) is 25.0. The van der Waals surface area contributed by atoms with E-state index in [0.29, 0.717) is 25.0 Å². The van der Waals surface area contributed by atoms with Crippen LogP contribution < -0.4 is 5.73 Å². The number of esters is 2. The minimum Gasteiger partial charge on any atom is -0.462 e. The molecule has 1 saturated heterocycles. The van der Waals surface area contributed by atoms with Crippen LogP contribution >= 0.6 is 7.82 Å². The fourth-order valence-electron chi connectivity index (χ4n) is 6.40. The van der Waals surface area contributed by atoms with E-state index in [1.807, 2.05) is 12.2 Å². The highest BCUT2D eigenvalue weighted by molar-refractivity contribution is 7.47. The van der Waals surface area contributed by atoms with E-state index in [-0.39, 0.29) is 32.6 Å². The fourth-order valence-corrected chi connectivity index (χ4v) is 7.17. The Balaban J connectivity index is 2.19. The van der Waals surface area contributed by atoms with Gasteiger partial charge in [-0.15, -0.1) is 0 Å². The molecule has 0 radical (unpaired) electrons. The van der Waals surface area contributed by atoms with E-state index in [2.05, 4.69) is 74.6 Å². The number of phosphoric ester groups is 1. The summed E-state index contributed by atoms with van der Waals surface area (Å²) in [6, 6.07) is 0. The third-order valence-electron chi connectivity index (χ3n) is 9.99. The lowest BCUT2D eigenvalue weighted by atomic mass is 10.1. The molecule has 4 atom stereocenters. The van der Waals surface area contributed by atoms with Crippen molar-refractivity contribution in [2.45, 2.75) is 199 Å². The maximum absolute atomic E-state index is 12.6. The summed E-state index contributed by atoms with van der Waals surface area (Å²) in [6.45, 7) is 3.52. The number of hydrogen-bond acceptors (Lipinski definition) is 9. The second-order valence-corrected chi connectivity index (χ2v) is 17.1. The second kappa shape index (κ2) is 40.5. The van der Waals surface area contributed by atoms with Gasteiger partial charge < -0.3 is 24.8 Å². The number of rotatable bonds is 42. The lowest BCUT2D eigenvalue weighted by Gasteiger charge is -2.19. The van der Waals surface area contributed by atoms with Gasteiger partial charge in [-0.3, -0.25) is 18.6 Å². The van der Waals surface area contributed by atoms with Crippen LogP contribution in [0.1, 0.15) is 181 Å². The van der Waals surface area contributed by atoms with Crippen LogP contribution in [-0.2, 0) is 37.4 Å². The van der Waals surface area contributed by atoms with E-state index in [1.165, 1.54) is 83.5 Å². The standard InChI is InChI=1S/C49H84NO9P/c1-3-5-7-8-9-10-11-12-13-14-15-16-17-18-22-25-28-31-35-39-48(51)55-43-45(44-57-60(53,54)56-42-41-50)58-49(52)40-36-32-29-26-23-20-19-21-24-27-30-34-38-47-46(59-47)37-33-6-4-2/h6,12-13,20-21,23-24,29-30,32-34,45-47H,3-5,7-11,14-19,22,25-28,31,35-44,50H2,1-2H3,(H,53,54)/b13-12-,23-20-,24-21-,32-29-,33-6-,34-30-/t45-,46?,47?/m1/s1. The number of carbonyl (C=O) groups is 2. The normalized spacial score (nSPS) is 17.3. The molecule has 1 fully saturated rings. The van der Waals surface area contributed by atoms with E-state index in [1.54, 1.807) is 0 Å². The van der Waals surface area contributed by atoms with Gasteiger partial charge in [0, 0.05) is 19.4 Å². The largest absolute Gasteiger partial charge is 0.472 e. The summed E-state index contributed by atoms with van der Waals surface area (Å²) in [6.07, 6.45) is 52.7. The first-order valence-electron chi connectivity index (χ1n) is 23.5. The Morgan fingerprint density at radius 1 is 0.600 bits per heavy atom. The van der Waals surface area contributed by atoms with Gasteiger partial charge in [0.2, 0.25) is 0 Å². The van der Waals surface area contributed by atoms with Crippen LogP contribution in [0.25, 0.3) is 0 Å². The number of hydrogen-bond donors (Lipinski definition) is 2. The summed E-state index contributed by atoms with van der Waals surface area (Å²) in [7, 11) is -4.41. The van der Waals surface area contributed by atoms with Crippen molar-refractivity contribution in [3.8, 4) is 0 Å². The van der Waals surface area contributed by atoms with Crippen molar-refractivity contribution in [2.24, 2.45) is 5.73 Å². The van der Waals surface area contributed by atoms with E-state index in [9.17, 15) is 19.0 Å². The van der Waals surface area contributed by atoms with Gasteiger partial charge in [-0.2, -0.15) is 0 Å². The second-order valence-electron chi connectivity index (χ2n) is 15.6. The highest BCUT2D eigenvalue weighted by atomic mass is 31.2. The molecule has 344 valence electrons. The molecule has 11 heteroatoms. The number of phosphoric acid groups is 1. The molecule has 0 saturated carbocycles. The van der Waals surface area contributed by atoms with Gasteiger partial charge in [-0.1, -0.05) is 164 Å². The van der Waals surface area contributed by atoms with Gasteiger partial charge in [0.1, 0.15) is 6.61 Å². The van der Waals surface area contributed by atoms with Crippen LogP contribution in [0.15, 0.2) is 72.9 Å². The summed E-state index contributed by atoms with van der Waals surface area (Å²) in [5.41, 5.74) is 5.35. The van der Waals surface area contributed by atoms with Crippen molar-refractivity contribution >= 4 is 19.8 Å². The van der Waals surface area contributed by atoms with Crippen molar-refractivity contribution in [1.82, 2.24) is 0 Å². The Bertz CT molecular complexity index is 1280. The molecule has 3 N–H and O–H groups in total. The molecule has 60 heavy (non-hydrogen) atoms. The molecule has 0 bridgehead atoms. The smallest absolute Gasteiger partial charge is 0.462 e. The third kappa shape index (κ3) is 37.2. The summed E-state index contributed by atoms with van der Waals surface area (Å²) in [5.74, 6) is -0.936. The molecule has 0 aromatic heterocycles. The molecule has 3 unspecified atom stereocenters. The van der Waals surface area contributed by atoms with Crippen LogP contribution in [0.4, 0.5) is 0 Å². The van der Waals surface area contributed by atoms with Crippen LogP contribution in [-0.4, -0.2) is 61.5 Å². The molecule has 1 aliphatic heterocycles. The number of carbonyl (C=O) groups excluding carboxylic acids is 2. The minimum absolute atomic E-state index is 0.0367. The summed E-state index contributed by atoms with van der Waals surface area (Å²) in [4.78, 5) is 34.9. The lowest BCUT2D eigenvalue weighted by molar-refractivity contribution is -0.161. The monoisotopic (exact) mass is 862 g/mol. The van der Waals surface area contributed by atoms with Crippen molar-refractivity contribution in [3.05, 3.63) is 72.9 Å². The molecule has 1 heterocycles. The molecule has 0 amide bonds. The zero-order chi connectivity index (χ0) is 43.6. The number of nitrogens with two attached hydrogens (primary N) is 1. The average Bonchev–Trinajstić information content (AvgIpc) is 3.99. The summed E-state index contributed by atoms with van der Waals surface area (Å²) < 4.78 is 38.4. The van der Waals surface area contributed by atoms with Crippen LogP contribution in [0.2, 0.25) is 0 Å². The number of allylic oxidation sites excluding steroid dienone is 10. The average molecular weight is 862 g/mol. The molecule has 0 aliphatic carbocycles. The van der Waals surface area contributed by atoms with Crippen molar-refractivity contribution in [1.29, 1.82) is 0 Å². The third-order valence-corrected chi connectivity index (χ3v) is 11.0. The van der Waals surface area contributed by atoms with E-state index in [4.69, 9.17) is 29.0 Å². The SMILES string of the molecule is CC/C=C\CC1OC1C/C=C\C/C=C\C/C=C\C/C=C\CCC(=O)O[C@H](COC(=O)CCCCCCCCCCC/C=C\CCCCCCCC)COP(=O)(O)OCCN. The number of ether oxygens (including phenoxy) is 3. The van der Waals surface area contributed by atoms with E-state index < -0.39 is 32.5 Å². The molecule has 1 rings (SSSR count). The van der Waals surface area contributed by atoms with Crippen molar-refractivity contribution in [3.63, 3.8) is 0 Å². The van der Waals surface area contributed by atoms with Crippen LogP contribution in [0.3, 0.4) is 0 Å². The van der Waals surface area contributed by atoms with Gasteiger partial charge in [-0.25, -0.2) is 4.57 Å². The Hall–Kier alpha value is -2.59. The predicted molar refractivity (Wildman–Crippen MR) is 247 cm³/mol. The van der Waals surface area contributed by atoms with Gasteiger partial charge in [0.05, 0.1) is 25.4 Å². The van der Waals surface area contributed by atoms with Crippen LogP contribution in [0.5, 0.6) is 0 Å². The molecule has 10 nitrogen and oxygen atoms in total. The number of unbranched alkanes of at least 4 members (excludes halogenated alkanes) is 15. The fraction of sp³-hybridized carbons (Fsp3) is 0.714. The zero-order valence-electron chi connectivity index (χ0n) is 37.6. The zero-order valence-corrected chi connectivity index (χ0v) is 38.5. The molecule has 0 aromatic rings. The van der Waals surface area contributed by atoms with Gasteiger partial charge in [0.15, 0.2) is 6.10 Å². The Morgan fingerprint density at radius 3 is 1.67 bits per heavy atom. The van der Waals surface area contributed by atoms with E-state index >= 15 is 0 Å². The molecular formula is C49H84NO9P. The maximum Gasteiger partial charge on any atom is 0.472 e. The van der Waals surface area contributed by atoms with Gasteiger partial charge in [-0.05, 0) is 77.0 Å². The topological polar surface area (TPSA) is 147 Å². The predicted octanol–water partition coefficient (Wildman–Crippen LogP) is 12.8. The quantitative estimate of drug-likeness (QED) is 0.0200.